The van der Waals surface area contributed by atoms with Gasteiger partial charge in [0.15, 0.2) is 0 Å². The molecular weight excluding hydrogens is 336 g/mol. The number of aryl methyl sites for hydroxylation is 2. The number of amides is 1. The van der Waals surface area contributed by atoms with E-state index in [-0.39, 0.29) is 11.9 Å². The maximum atomic E-state index is 12.5. The SMILES string of the molecule is Cn1cnnc1CCC(=O)N[C@@H](c1ccccc1)c1ccc(Cl)cc1. The van der Waals surface area contributed by atoms with Crippen LogP contribution < -0.4 is 5.32 Å². The Bertz CT molecular complexity index is 830. The number of hydrogen-bond acceptors (Lipinski definition) is 3. The van der Waals surface area contributed by atoms with Crippen molar-refractivity contribution in [2.45, 2.75) is 18.9 Å². The molecule has 0 bridgehead atoms. The number of rotatable bonds is 6. The van der Waals surface area contributed by atoms with Gasteiger partial charge < -0.3 is 9.88 Å². The number of carbonyl (C=O) groups excluding carboxylic acids is 1. The third-order valence-corrected chi connectivity index (χ3v) is 4.27. The maximum absolute atomic E-state index is 12.5. The molecule has 128 valence electrons. The molecule has 1 aromatic heterocycles. The lowest BCUT2D eigenvalue weighted by Gasteiger charge is -2.20. The molecule has 2 aromatic carbocycles. The molecule has 0 saturated heterocycles. The molecule has 0 spiro atoms. The molecule has 0 radical (unpaired) electrons. The zero-order valence-electron chi connectivity index (χ0n) is 13.9. The molecule has 3 rings (SSSR count). The Morgan fingerprint density at radius 3 is 2.44 bits per heavy atom. The second-order valence-electron chi connectivity index (χ2n) is 5.82. The average Bonchev–Trinajstić information content (AvgIpc) is 3.04. The summed E-state index contributed by atoms with van der Waals surface area (Å²) in [4.78, 5) is 12.5. The summed E-state index contributed by atoms with van der Waals surface area (Å²) in [6.07, 6.45) is 2.53. The zero-order chi connectivity index (χ0) is 17.6. The first-order valence-electron chi connectivity index (χ1n) is 8.06. The summed E-state index contributed by atoms with van der Waals surface area (Å²) in [7, 11) is 1.87. The smallest absolute Gasteiger partial charge is 0.221 e. The van der Waals surface area contributed by atoms with E-state index in [2.05, 4.69) is 15.5 Å². The molecule has 0 aliphatic rings. The van der Waals surface area contributed by atoms with E-state index in [1.807, 2.05) is 66.2 Å². The minimum atomic E-state index is -0.217. The molecule has 0 fully saturated rings. The van der Waals surface area contributed by atoms with Crippen LogP contribution in [0.5, 0.6) is 0 Å². The van der Waals surface area contributed by atoms with Gasteiger partial charge in [0.1, 0.15) is 12.2 Å². The van der Waals surface area contributed by atoms with Gasteiger partial charge in [0, 0.05) is 24.9 Å². The minimum Gasteiger partial charge on any atom is -0.345 e. The Balaban J connectivity index is 1.74. The van der Waals surface area contributed by atoms with E-state index < -0.39 is 0 Å². The van der Waals surface area contributed by atoms with Crippen molar-refractivity contribution in [2.75, 3.05) is 0 Å². The van der Waals surface area contributed by atoms with Gasteiger partial charge >= 0.3 is 0 Å². The van der Waals surface area contributed by atoms with Crippen LogP contribution in [0.15, 0.2) is 60.9 Å². The van der Waals surface area contributed by atoms with Crippen LogP contribution in [-0.4, -0.2) is 20.7 Å². The summed E-state index contributed by atoms with van der Waals surface area (Å²) in [6, 6.07) is 17.2. The molecule has 1 N–H and O–H groups in total. The highest BCUT2D eigenvalue weighted by atomic mass is 35.5. The van der Waals surface area contributed by atoms with E-state index in [9.17, 15) is 4.79 Å². The molecule has 0 unspecified atom stereocenters. The Labute approximate surface area is 151 Å². The van der Waals surface area contributed by atoms with Gasteiger partial charge in [0.2, 0.25) is 5.91 Å². The monoisotopic (exact) mass is 354 g/mol. The van der Waals surface area contributed by atoms with E-state index in [4.69, 9.17) is 11.6 Å². The lowest BCUT2D eigenvalue weighted by molar-refractivity contribution is -0.121. The lowest BCUT2D eigenvalue weighted by atomic mass is 9.98. The number of carbonyl (C=O) groups is 1. The summed E-state index contributed by atoms with van der Waals surface area (Å²) < 4.78 is 1.82. The van der Waals surface area contributed by atoms with Gasteiger partial charge in [-0.05, 0) is 23.3 Å². The van der Waals surface area contributed by atoms with Crippen LogP contribution in [0.1, 0.15) is 29.4 Å². The fourth-order valence-electron chi connectivity index (χ4n) is 2.65. The molecular formula is C19H19ClN4O. The van der Waals surface area contributed by atoms with Crippen molar-refractivity contribution in [1.82, 2.24) is 20.1 Å². The minimum absolute atomic E-state index is 0.0354. The third-order valence-electron chi connectivity index (χ3n) is 4.02. The van der Waals surface area contributed by atoms with Gasteiger partial charge in [0.05, 0.1) is 6.04 Å². The van der Waals surface area contributed by atoms with Crippen LogP contribution in [0.3, 0.4) is 0 Å². The number of benzene rings is 2. The molecule has 0 saturated carbocycles. The first kappa shape index (κ1) is 17.2. The number of halogens is 1. The van der Waals surface area contributed by atoms with E-state index >= 15 is 0 Å². The van der Waals surface area contributed by atoms with Crippen LogP contribution in [-0.2, 0) is 18.3 Å². The Hall–Kier alpha value is -2.66. The van der Waals surface area contributed by atoms with E-state index in [0.717, 1.165) is 17.0 Å². The third kappa shape index (κ3) is 4.45. The summed E-state index contributed by atoms with van der Waals surface area (Å²) >= 11 is 5.99. The Kier molecular flexibility index (Phi) is 5.46. The first-order valence-corrected chi connectivity index (χ1v) is 8.44. The van der Waals surface area contributed by atoms with Gasteiger partial charge in [-0.3, -0.25) is 4.79 Å². The van der Waals surface area contributed by atoms with Gasteiger partial charge in [-0.2, -0.15) is 0 Å². The second-order valence-corrected chi connectivity index (χ2v) is 6.26. The van der Waals surface area contributed by atoms with Crippen molar-refractivity contribution in [3.8, 4) is 0 Å². The predicted molar refractivity (Wildman–Crippen MR) is 97.2 cm³/mol. The fraction of sp³-hybridized carbons (Fsp3) is 0.211. The number of aromatic nitrogens is 3. The summed E-state index contributed by atoms with van der Waals surface area (Å²) in [5.41, 5.74) is 2.01. The summed E-state index contributed by atoms with van der Waals surface area (Å²) in [5.74, 6) is 0.754. The number of hydrogen-bond donors (Lipinski definition) is 1. The molecule has 25 heavy (non-hydrogen) atoms. The topological polar surface area (TPSA) is 59.8 Å². The molecule has 3 aromatic rings. The second kappa shape index (κ2) is 7.94. The molecule has 6 heteroatoms. The average molecular weight is 355 g/mol. The highest BCUT2D eigenvalue weighted by Crippen LogP contribution is 2.23. The first-order chi connectivity index (χ1) is 12.1. The predicted octanol–water partition coefficient (Wildman–Crippen LogP) is 3.31. The van der Waals surface area contributed by atoms with Crippen LogP contribution in [0, 0.1) is 0 Å². The standard InChI is InChI=1S/C19H19ClN4O/c1-24-13-21-23-17(24)11-12-18(25)22-19(14-5-3-2-4-6-14)15-7-9-16(20)10-8-15/h2-10,13,19H,11-12H2,1H3,(H,22,25)/t19-/m0/s1. The summed E-state index contributed by atoms with van der Waals surface area (Å²) in [5, 5.41) is 11.6. The number of nitrogens with one attached hydrogen (secondary N) is 1. The summed E-state index contributed by atoms with van der Waals surface area (Å²) in [6.45, 7) is 0. The maximum Gasteiger partial charge on any atom is 0.221 e. The highest BCUT2D eigenvalue weighted by molar-refractivity contribution is 6.30. The van der Waals surface area contributed by atoms with Gasteiger partial charge in [-0.25, -0.2) is 0 Å². The largest absolute Gasteiger partial charge is 0.345 e. The Morgan fingerprint density at radius 1 is 1.12 bits per heavy atom. The van der Waals surface area contributed by atoms with E-state index in [1.54, 1.807) is 6.33 Å². The normalized spacial score (nSPS) is 11.9. The van der Waals surface area contributed by atoms with Crippen LogP contribution in [0.2, 0.25) is 5.02 Å². The van der Waals surface area contributed by atoms with Crippen molar-refractivity contribution in [2.24, 2.45) is 7.05 Å². The molecule has 5 nitrogen and oxygen atoms in total. The zero-order valence-corrected chi connectivity index (χ0v) is 14.6. The van der Waals surface area contributed by atoms with Crippen molar-refractivity contribution in [3.05, 3.63) is 82.9 Å². The van der Waals surface area contributed by atoms with Crippen molar-refractivity contribution < 1.29 is 4.79 Å². The van der Waals surface area contributed by atoms with E-state index in [0.29, 0.717) is 17.9 Å². The quantitative estimate of drug-likeness (QED) is 0.738. The van der Waals surface area contributed by atoms with Crippen LogP contribution in [0.4, 0.5) is 0 Å². The Morgan fingerprint density at radius 2 is 1.80 bits per heavy atom. The van der Waals surface area contributed by atoms with Crippen molar-refractivity contribution >= 4 is 17.5 Å². The highest BCUT2D eigenvalue weighted by Gasteiger charge is 2.17. The molecule has 0 aliphatic carbocycles. The molecule has 0 aliphatic heterocycles. The van der Waals surface area contributed by atoms with Crippen molar-refractivity contribution in [3.63, 3.8) is 0 Å². The van der Waals surface area contributed by atoms with Gasteiger partial charge in [0.25, 0.3) is 0 Å². The number of nitrogens with zero attached hydrogens (tertiary/aromatic N) is 3. The van der Waals surface area contributed by atoms with Crippen molar-refractivity contribution in [1.29, 1.82) is 0 Å². The molecule has 1 amide bonds. The van der Waals surface area contributed by atoms with Crippen LogP contribution >= 0.6 is 11.6 Å². The van der Waals surface area contributed by atoms with E-state index in [1.165, 1.54) is 0 Å². The molecule has 1 atom stereocenters. The lowest BCUT2D eigenvalue weighted by Crippen LogP contribution is -2.29. The van der Waals surface area contributed by atoms with Gasteiger partial charge in [-0.15, -0.1) is 10.2 Å². The van der Waals surface area contributed by atoms with Crippen LogP contribution in [0.25, 0.3) is 0 Å². The fourth-order valence-corrected chi connectivity index (χ4v) is 2.78. The molecule has 1 heterocycles. The van der Waals surface area contributed by atoms with Gasteiger partial charge in [-0.1, -0.05) is 54.1 Å².